The van der Waals surface area contributed by atoms with Crippen molar-refractivity contribution in [2.45, 2.75) is 6.18 Å². The van der Waals surface area contributed by atoms with Gasteiger partial charge in [0, 0.05) is 6.20 Å². The van der Waals surface area contributed by atoms with Crippen LogP contribution in [0.2, 0.25) is 0 Å². The van der Waals surface area contributed by atoms with Crippen LogP contribution in [0, 0.1) is 0 Å². The number of aromatic carboxylic acids is 1. The zero-order chi connectivity index (χ0) is 13.3. The molecule has 2 rings (SSSR count). The molecule has 0 unspecified atom stereocenters. The molecule has 7 nitrogen and oxygen atoms in total. The van der Waals surface area contributed by atoms with E-state index in [1.807, 2.05) is 0 Å². The lowest BCUT2D eigenvalue weighted by atomic mass is 10.2. The predicted molar refractivity (Wildman–Crippen MR) is 49.4 cm³/mol. The SMILES string of the molecule is O=C(O)c1cnc(-c2ncn[nH]2)nc1C(F)(F)F. The molecule has 0 saturated heterocycles. The molecule has 18 heavy (non-hydrogen) atoms. The number of carboxylic acid groups (broad SMARTS) is 1. The van der Waals surface area contributed by atoms with Crippen LogP contribution in [-0.4, -0.2) is 36.2 Å². The molecule has 10 heteroatoms. The van der Waals surface area contributed by atoms with E-state index in [0.717, 1.165) is 6.33 Å². The lowest BCUT2D eigenvalue weighted by molar-refractivity contribution is -0.141. The first kappa shape index (κ1) is 12.0. The Labute approximate surface area is 96.7 Å². The van der Waals surface area contributed by atoms with Crippen LogP contribution in [0.5, 0.6) is 0 Å². The molecule has 0 saturated carbocycles. The van der Waals surface area contributed by atoms with Crippen molar-refractivity contribution in [3.63, 3.8) is 0 Å². The zero-order valence-electron chi connectivity index (χ0n) is 8.43. The average molecular weight is 259 g/mol. The highest BCUT2D eigenvalue weighted by atomic mass is 19.4. The smallest absolute Gasteiger partial charge is 0.434 e. The molecule has 0 aliphatic heterocycles. The molecule has 2 N–H and O–H groups in total. The quantitative estimate of drug-likeness (QED) is 0.832. The molecule has 0 spiro atoms. The molecule has 0 bridgehead atoms. The number of hydrogen-bond donors (Lipinski definition) is 2. The molecule has 0 aliphatic carbocycles. The molecule has 0 radical (unpaired) electrons. The minimum atomic E-state index is -4.90. The van der Waals surface area contributed by atoms with E-state index in [-0.39, 0.29) is 11.6 Å². The van der Waals surface area contributed by atoms with Crippen molar-refractivity contribution >= 4 is 5.97 Å². The van der Waals surface area contributed by atoms with Crippen molar-refractivity contribution < 1.29 is 23.1 Å². The van der Waals surface area contributed by atoms with Crippen LogP contribution in [0.1, 0.15) is 16.1 Å². The van der Waals surface area contributed by atoms with Gasteiger partial charge in [-0.1, -0.05) is 0 Å². The van der Waals surface area contributed by atoms with E-state index >= 15 is 0 Å². The Morgan fingerprint density at radius 2 is 2.06 bits per heavy atom. The van der Waals surface area contributed by atoms with Crippen molar-refractivity contribution in [2.75, 3.05) is 0 Å². The van der Waals surface area contributed by atoms with Crippen LogP contribution in [-0.2, 0) is 6.18 Å². The van der Waals surface area contributed by atoms with Gasteiger partial charge < -0.3 is 5.11 Å². The fourth-order valence-corrected chi connectivity index (χ4v) is 1.18. The Balaban J connectivity index is 2.60. The van der Waals surface area contributed by atoms with E-state index < -0.39 is 23.4 Å². The Morgan fingerprint density at radius 3 is 2.56 bits per heavy atom. The number of carboxylic acids is 1. The molecule has 2 heterocycles. The number of aromatic nitrogens is 5. The van der Waals surface area contributed by atoms with E-state index in [4.69, 9.17) is 5.11 Å². The minimum Gasteiger partial charge on any atom is -0.478 e. The van der Waals surface area contributed by atoms with Crippen molar-refractivity contribution in [3.05, 3.63) is 23.8 Å². The standard InChI is InChI=1S/C8H4F3N5O2/c9-8(10,11)4-3(7(17)18)1-12-5(15-4)6-13-2-14-16-6/h1-2H,(H,17,18)(H,13,14,16). The lowest BCUT2D eigenvalue weighted by Gasteiger charge is -2.09. The number of H-pyrrole nitrogens is 1. The number of nitrogens with one attached hydrogen (secondary N) is 1. The van der Waals surface area contributed by atoms with Crippen molar-refractivity contribution in [3.8, 4) is 11.6 Å². The largest absolute Gasteiger partial charge is 0.478 e. The van der Waals surface area contributed by atoms with Gasteiger partial charge in [-0.25, -0.2) is 19.7 Å². The number of rotatable bonds is 2. The van der Waals surface area contributed by atoms with Gasteiger partial charge in [-0.05, 0) is 0 Å². The monoisotopic (exact) mass is 259 g/mol. The number of halogens is 3. The summed E-state index contributed by atoms with van der Waals surface area (Å²) < 4.78 is 37.9. The Morgan fingerprint density at radius 1 is 1.33 bits per heavy atom. The van der Waals surface area contributed by atoms with E-state index in [1.165, 1.54) is 0 Å². The van der Waals surface area contributed by atoms with Gasteiger partial charge in [-0.2, -0.15) is 18.3 Å². The van der Waals surface area contributed by atoms with Crippen LogP contribution in [0.3, 0.4) is 0 Å². The first-order valence-electron chi connectivity index (χ1n) is 4.43. The fraction of sp³-hybridized carbons (Fsp3) is 0.125. The van der Waals surface area contributed by atoms with Gasteiger partial charge in [-0.3, -0.25) is 5.10 Å². The van der Waals surface area contributed by atoms with E-state index in [9.17, 15) is 18.0 Å². The molecule has 0 atom stereocenters. The maximum Gasteiger partial charge on any atom is 0.434 e. The van der Waals surface area contributed by atoms with Crippen LogP contribution in [0.15, 0.2) is 12.5 Å². The highest BCUT2D eigenvalue weighted by Gasteiger charge is 2.38. The maximum atomic E-state index is 12.6. The summed E-state index contributed by atoms with van der Waals surface area (Å²) in [6, 6.07) is 0. The number of alkyl halides is 3. The Kier molecular flexibility index (Phi) is 2.69. The summed E-state index contributed by atoms with van der Waals surface area (Å²) in [5, 5.41) is 14.3. The maximum absolute atomic E-state index is 12.6. The first-order valence-corrected chi connectivity index (χ1v) is 4.43. The van der Waals surface area contributed by atoms with E-state index in [0.29, 0.717) is 6.20 Å². The Hall–Kier alpha value is -2.52. The molecular formula is C8H4F3N5O2. The van der Waals surface area contributed by atoms with Gasteiger partial charge in [0.15, 0.2) is 17.3 Å². The second-order valence-electron chi connectivity index (χ2n) is 3.09. The highest BCUT2D eigenvalue weighted by molar-refractivity contribution is 5.88. The van der Waals surface area contributed by atoms with E-state index in [2.05, 4.69) is 25.1 Å². The van der Waals surface area contributed by atoms with Crippen molar-refractivity contribution in [1.82, 2.24) is 25.1 Å². The zero-order valence-corrected chi connectivity index (χ0v) is 8.43. The van der Waals surface area contributed by atoms with Crippen molar-refractivity contribution in [2.24, 2.45) is 0 Å². The topological polar surface area (TPSA) is 105 Å². The summed E-state index contributed by atoms with van der Waals surface area (Å²) in [5.41, 5.74) is -2.55. The van der Waals surface area contributed by atoms with Gasteiger partial charge in [0.05, 0.1) is 0 Å². The van der Waals surface area contributed by atoms with Crippen LogP contribution >= 0.6 is 0 Å². The van der Waals surface area contributed by atoms with Crippen LogP contribution in [0.25, 0.3) is 11.6 Å². The van der Waals surface area contributed by atoms with Gasteiger partial charge in [0.2, 0.25) is 0 Å². The number of aromatic amines is 1. The van der Waals surface area contributed by atoms with Crippen molar-refractivity contribution in [1.29, 1.82) is 0 Å². The molecule has 0 amide bonds. The molecule has 0 aliphatic rings. The Bertz CT molecular complexity index is 581. The third kappa shape index (κ3) is 2.12. The van der Waals surface area contributed by atoms with Gasteiger partial charge in [0.1, 0.15) is 11.9 Å². The average Bonchev–Trinajstić information content (AvgIpc) is 2.80. The predicted octanol–water partition coefficient (Wildman–Crippen LogP) is 0.979. The second kappa shape index (κ2) is 4.05. The van der Waals surface area contributed by atoms with Crippen LogP contribution < -0.4 is 0 Å². The number of carbonyl (C=O) groups is 1. The summed E-state index contributed by atoms with van der Waals surface area (Å²) in [6.07, 6.45) is -3.25. The fourth-order valence-electron chi connectivity index (χ4n) is 1.18. The summed E-state index contributed by atoms with van der Waals surface area (Å²) in [5.74, 6) is -2.23. The molecule has 2 aromatic rings. The third-order valence-corrected chi connectivity index (χ3v) is 1.91. The van der Waals surface area contributed by atoms with E-state index in [1.54, 1.807) is 0 Å². The first-order chi connectivity index (χ1) is 8.39. The lowest BCUT2D eigenvalue weighted by Crippen LogP contribution is -2.16. The summed E-state index contributed by atoms with van der Waals surface area (Å²) in [6.45, 7) is 0. The number of hydrogen-bond acceptors (Lipinski definition) is 5. The molecule has 94 valence electrons. The molecule has 0 fully saturated rings. The van der Waals surface area contributed by atoms with Gasteiger partial charge in [0.25, 0.3) is 0 Å². The normalized spacial score (nSPS) is 11.5. The number of nitrogens with zero attached hydrogens (tertiary/aromatic N) is 4. The van der Waals surface area contributed by atoms with Gasteiger partial charge >= 0.3 is 12.1 Å². The molecular weight excluding hydrogens is 255 g/mol. The summed E-state index contributed by atoms with van der Waals surface area (Å²) in [4.78, 5) is 20.9. The summed E-state index contributed by atoms with van der Waals surface area (Å²) in [7, 11) is 0. The minimum absolute atomic E-state index is 0.0857. The second-order valence-corrected chi connectivity index (χ2v) is 3.09. The van der Waals surface area contributed by atoms with Gasteiger partial charge in [-0.15, -0.1) is 0 Å². The summed E-state index contributed by atoms with van der Waals surface area (Å²) >= 11 is 0. The molecule has 2 aromatic heterocycles. The third-order valence-electron chi connectivity index (χ3n) is 1.91. The molecule has 0 aromatic carbocycles. The highest BCUT2D eigenvalue weighted by Crippen LogP contribution is 2.31. The van der Waals surface area contributed by atoms with Crippen LogP contribution in [0.4, 0.5) is 13.2 Å².